The van der Waals surface area contributed by atoms with Gasteiger partial charge in [-0.2, -0.15) is 0 Å². The van der Waals surface area contributed by atoms with Gasteiger partial charge in [0, 0.05) is 13.2 Å². The van der Waals surface area contributed by atoms with Gasteiger partial charge in [-0.15, -0.1) is 0 Å². The third-order valence-corrected chi connectivity index (χ3v) is 3.94. The van der Waals surface area contributed by atoms with Crippen LogP contribution in [0.5, 0.6) is 0 Å². The molecule has 0 bridgehead atoms. The van der Waals surface area contributed by atoms with E-state index in [0.29, 0.717) is 6.54 Å². The number of amides is 2. The molecule has 2 aliphatic rings. The Bertz CT molecular complexity index is 334. The van der Waals surface area contributed by atoms with Gasteiger partial charge < -0.3 is 20.5 Å². The molecule has 2 amide bonds. The van der Waals surface area contributed by atoms with Crippen molar-refractivity contribution >= 4 is 12.0 Å². The number of rotatable bonds is 5. The predicted molar refractivity (Wildman–Crippen MR) is 69.0 cm³/mol. The summed E-state index contributed by atoms with van der Waals surface area (Å²) in [6.07, 6.45) is 5.54. The van der Waals surface area contributed by atoms with E-state index < -0.39 is 11.5 Å². The second-order valence-electron chi connectivity index (χ2n) is 5.53. The smallest absolute Gasteiger partial charge is 0.315 e. The zero-order valence-corrected chi connectivity index (χ0v) is 11.1. The van der Waals surface area contributed by atoms with E-state index in [4.69, 9.17) is 9.84 Å². The van der Waals surface area contributed by atoms with Crippen LogP contribution < -0.4 is 10.6 Å². The zero-order valence-electron chi connectivity index (χ0n) is 11.1. The molecule has 1 aliphatic carbocycles. The third-order valence-electron chi connectivity index (χ3n) is 3.94. The molecule has 1 aliphatic heterocycles. The Balaban J connectivity index is 1.79. The van der Waals surface area contributed by atoms with E-state index in [1.807, 2.05) is 0 Å². The fourth-order valence-corrected chi connectivity index (χ4v) is 2.98. The van der Waals surface area contributed by atoms with E-state index >= 15 is 0 Å². The van der Waals surface area contributed by atoms with Gasteiger partial charge in [0.2, 0.25) is 0 Å². The highest BCUT2D eigenvalue weighted by Crippen LogP contribution is 2.32. The maximum absolute atomic E-state index is 11.9. The lowest BCUT2D eigenvalue weighted by Crippen LogP contribution is -2.52. The van der Waals surface area contributed by atoms with Crippen LogP contribution in [0, 0.1) is 0 Å². The molecule has 0 spiro atoms. The van der Waals surface area contributed by atoms with E-state index in [1.165, 1.54) is 0 Å². The minimum Gasteiger partial charge on any atom is -0.481 e. The first-order valence-electron chi connectivity index (χ1n) is 6.99. The van der Waals surface area contributed by atoms with Gasteiger partial charge in [0.25, 0.3) is 0 Å². The van der Waals surface area contributed by atoms with Crippen molar-refractivity contribution < 1.29 is 19.4 Å². The lowest BCUT2D eigenvalue weighted by Gasteiger charge is -2.29. The lowest BCUT2D eigenvalue weighted by molar-refractivity contribution is -0.138. The van der Waals surface area contributed by atoms with Gasteiger partial charge in [-0.3, -0.25) is 4.79 Å². The van der Waals surface area contributed by atoms with Crippen molar-refractivity contribution in [2.75, 3.05) is 13.2 Å². The van der Waals surface area contributed by atoms with E-state index in [2.05, 4.69) is 10.6 Å². The van der Waals surface area contributed by atoms with Crippen molar-refractivity contribution in [3.63, 3.8) is 0 Å². The van der Waals surface area contributed by atoms with Crippen LogP contribution in [0.3, 0.4) is 0 Å². The molecule has 0 aromatic rings. The average molecular weight is 270 g/mol. The summed E-state index contributed by atoms with van der Waals surface area (Å²) < 4.78 is 5.43. The number of hydrogen-bond acceptors (Lipinski definition) is 3. The normalized spacial score (nSPS) is 25.2. The molecule has 1 atom stereocenters. The Morgan fingerprint density at radius 1 is 1.26 bits per heavy atom. The largest absolute Gasteiger partial charge is 0.481 e. The van der Waals surface area contributed by atoms with Gasteiger partial charge in [0.15, 0.2) is 0 Å². The van der Waals surface area contributed by atoms with Crippen LogP contribution in [0.1, 0.15) is 44.9 Å². The lowest BCUT2D eigenvalue weighted by atomic mass is 9.93. The minimum absolute atomic E-state index is 0.000346. The Labute approximate surface area is 112 Å². The molecule has 3 N–H and O–H groups in total. The monoisotopic (exact) mass is 270 g/mol. The molecule has 1 unspecified atom stereocenters. The molecule has 1 heterocycles. The first-order valence-corrected chi connectivity index (χ1v) is 6.99. The van der Waals surface area contributed by atoms with Crippen molar-refractivity contribution in [1.29, 1.82) is 0 Å². The van der Waals surface area contributed by atoms with Crippen LogP contribution in [0.2, 0.25) is 0 Å². The van der Waals surface area contributed by atoms with Crippen LogP contribution in [0.4, 0.5) is 4.79 Å². The Kier molecular flexibility index (Phi) is 4.63. The molecule has 2 rings (SSSR count). The predicted octanol–water partition coefficient (Wildman–Crippen LogP) is 1.25. The molecule has 108 valence electrons. The molecule has 0 radical (unpaired) electrons. The molecule has 0 aromatic heterocycles. The number of hydrogen-bond donors (Lipinski definition) is 3. The molecule has 2 fully saturated rings. The zero-order chi connectivity index (χ0) is 13.7. The highest BCUT2D eigenvalue weighted by Gasteiger charge is 2.37. The van der Waals surface area contributed by atoms with Gasteiger partial charge >= 0.3 is 12.0 Å². The number of aliphatic carboxylic acids is 1. The summed E-state index contributed by atoms with van der Waals surface area (Å²) in [4.78, 5) is 22.8. The summed E-state index contributed by atoms with van der Waals surface area (Å²) in [5.74, 6) is -0.860. The summed E-state index contributed by atoms with van der Waals surface area (Å²) in [5.41, 5.74) is -0.563. The highest BCUT2D eigenvalue weighted by molar-refractivity contribution is 5.76. The van der Waals surface area contributed by atoms with Crippen LogP contribution in [0.15, 0.2) is 0 Å². The highest BCUT2D eigenvalue weighted by atomic mass is 16.5. The number of carboxylic acid groups (broad SMARTS) is 1. The van der Waals surface area contributed by atoms with Crippen LogP contribution in [-0.2, 0) is 9.53 Å². The van der Waals surface area contributed by atoms with Crippen molar-refractivity contribution in [3.05, 3.63) is 0 Å². The van der Waals surface area contributed by atoms with E-state index in [9.17, 15) is 9.59 Å². The Morgan fingerprint density at radius 2 is 2.00 bits per heavy atom. The number of ether oxygens (including phenoxy) is 1. The van der Waals surface area contributed by atoms with Gasteiger partial charge in [-0.25, -0.2) is 4.79 Å². The van der Waals surface area contributed by atoms with E-state index in [1.54, 1.807) is 0 Å². The average Bonchev–Trinajstić information content (AvgIpc) is 2.97. The van der Waals surface area contributed by atoms with Crippen molar-refractivity contribution in [3.8, 4) is 0 Å². The topological polar surface area (TPSA) is 87.7 Å². The molecule has 6 nitrogen and oxygen atoms in total. The molecule has 0 aromatic carbocycles. The Morgan fingerprint density at radius 3 is 2.58 bits per heavy atom. The quantitative estimate of drug-likeness (QED) is 0.701. The number of carbonyl (C=O) groups is 2. The number of nitrogens with one attached hydrogen (secondary N) is 2. The van der Waals surface area contributed by atoms with Crippen molar-refractivity contribution in [2.24, 2.45) is 0 Å². The van der Waals surface area contributed by atoms with Gasteiger partial charge in [0.1, 0.15) is 0 Å². The second kappa shape index (κ2) is 6.23. The molecular weight excluding hydrogens is 248 g/mol. The van der Waals surface area contributed by atoms with E-state index in [-0.39, 0.29) is 18.6 Å². The molecular formula is C13H22N2O4. The standard InChI is InChI=1S/C13H22N2O4/c16-11(17)8-13(5-1-2-6-13)15-12(18)14-9-10-4-3-7-19-10/h10H,1-9H2,(H,16,17)(H2,14,15,18). The minimum atomic E-state index is -0.860. The van der Waals surface area contributed by atoms with Gasteiger partial charge in [-0.05, 0) is 25.7 Å². The molecule has 1 saturated carbocycles. The van der Waals surface area contributed by atoms with Crippen molar-refractivity contribution in [1.82, 2.24) is 10.6 Å². The number of carboxylic acids is 1. The maximum atomic E-state index is 11.9. The summed E-state index contributed by atoms with van der Waals surface area (Å²) >= 11 is 0. The summed E-state index contributed by atoms with van der Waals surface area (Å²) in [5, 5.41) is 14.6. The summed E-state index contributed by atoms with van der Waals surface area (Å²) in [7, 11) is 0. The van der Waals surface area contributed by atoms with Crippen LogP contribution in [0.25, 0.3) is 0 Å². The number of carbonyl (C=O) groups excluding carboxylic acids is 1. The van der Waals surface area contributed by atoms with Crippen LogP contribution >= 0.6 is 0 Å². The SMILES string of the molecule is O=C(O)CC1(NC(=O)NCC2CCCO2)CCCC1. The fraction of sp³-hybridized carbons (Fsp3) is 0.846. The first kappa shape index (κ1) is 14.1. The first-order chi connectivity index (χ1) is 9.10. The maximum Gasteiger partial charge on any atom is 0.315 e. The van der Waals surface area contributed by atoms with Gasteiger partial charge in [-0.1, -0.05) is 12.8 Å². The fourth-order valence-electron chi connectivity index (χ4n) is 2.98. The third kappa shape index (κ3) is 4.09. The van der Waals surface area contributed by atoms with Crippen molar-refractivity contribution in [2.45, 2.75) is 56.6 Å². The molecule has 19 heavy (non-hydrogen) atoms. The summed E-state index contributed by atoms with van der Waals surface area (Å²) in [6.45, 7) is 1.26. The molecule has 1 saturated heterocycles. The van der Waals surface area contributed by atoms with Gasteiger partial charge in [0.05, 0.1) is 18.1 Å². The van der Waals surface area contributed by atoms with E-state index in [0.717, 1.165) is 45.1 Å². The van der Waals surface area contributed by atoms with Crippen LogP contribution in [-0.4, -0.2) is 41.9 Å². The number of urea groups is 1. The Hall–Kier alpha value is -1.30. The second-order valence-corrected chi connectivity index (χ2v) is 5.53. The summed E-state index contributed by atoms with van der Waals surface area (Å²) in [6, 6.07) is -0.279. The molecule has 6 heteroatoms.